The van der Waals surface area contributed by atoms with Crippen LogP contribution in [0, 0.1) is 0 Å². The molecule has 4 nitrogen and oxygen atoms in total. The summed E-state index contributed by atoms with van der Waals surface area (Å²) in [6.45, 7) is 0. The zero-order valence-corrected chi connectivity index (χ0v) is 7.41. The minimum Gasteiger partial charge on any atom is -0.475 e. The Morgan fingerprint density at radius 1 is 1.69 bits per heavy atom. The van der Waals surface area contributed by atoms with E-state index in [9.17, 15) is 4.79 Å². The number of amides is 1. The molecule has 1 unspecified atom stereocenters. The molecule has 1 aliphatic heterocycles. The van der Waals surface area contributed by atoms with Crippen LogP contribution in [-0.2, 0) is 4.79 Å². The molecule has 0 aromatic carbocycles. The number of hydrogen-bond acceptors (Lipinski definition) is 3. The fourth-order valence-electron chi connectivity index (χ4n) is 1.09. The van der Waals surface area contributed by atoms with Gasteiger partial charge in [-0.05, 0) is 12.1 Å². The molecule has 2 rings (SSSR count). The van der Waals surface area contributed by atoms with Crippen LogP contribution in [0.1, 0.15) is 0 Å². The largest absolute Gasteiger partial charge is 0.475 e. The zero-order valence-electron chi connectivity index (χ0n) is 6.66. The van der Waals surface area contributed by atoms with Gasteiger partial charge in [-0.25, -0.2) is 4.98 Å². The molecule has 1 N–H and O–H groups in total. The van der Waals surface area contributed by atoms with Gasteiger partial charge in [-0.15, -0.1) is 11.6 Å². The Labute approximate surface area is 79.9 Å². The highest BCUT2D eigenvalue weighted by Gasteiger charge is 2.26. The van der Waals surface area contributed by atoms with Crippen molar-refractivity contribution < 1.29 is 9.53 Å². The van der Waals surface area contributed by atoms with Crippen molar-refractivity contribution in [3.05, 3.63) is 18.3 Å². The molecular weight excluding hydrogens is 192 g/mol. The summed E-state index contributed by atoms with van der Waals surface area (Å²) in [4.78, 5) is 15.2. The molecule has 1 amide bonds. The number of alkyl halides is 1. The summed E-state index contributed by atoms with van der Waals surface area (Å²) in [7, 11) is 0. The molecule has 0 bridgehead atoms. The minimum atomic E-state index is -0.613. The summed E-state index contributed by atoms with van der Waals surface area (Å²) in [5.41, 5.74) is 0. The molecule has 0 radical (unpaired) electrons. The van der Waals surface area contributed by atoms with Crippen molar-refractivity contribution in [3.8, 4) is 5.75 Å². The van der Waals surface area contributed by atoms with Gasteiger partial charge >= 0.3 is 0 Å². The first-order valence-electron chi connectivity index (χ1n) is 3.80. The van der Waals surface area contributed by atoms with Crippen molar-refractivity contribution in [2.24, 2.45) is 0 Å². The number of carbonyl (C=O) groups is 1. The Hall–Kier alpha value is -1.29. The smallest absolute Gasteiger partial charge is 0.267 e. The van der Waals surface area contributed by atoms with E-state index >= 15 is 0 Å². The molecule has 1 aliphatic rings. The third-order valence-corrected chi connectivity index (χ3v) is 1.99. The van der Waals surface area contributed by atoms with Gasteiger partial charge in [0.05, 0.1) is 5.88 Å². The van der Waals surface area contributed by atoms with Crippen LogP contribution in [0.5, 0.6) is 5.75 Å². The maximum absolute atomic E-state index is 11.2. The summed E-state index contributed by atoms with van der Waals surface area (Å²) < 4.78 is 5.29. The summed E-state index contributed by atoms with van der Waals surface area (Å²) >= 11 is 5.54. The molecule has 0 saturated heterocycles. The number of ether oxygens (including phenoxy) is 1. The van der Waals surface area contributed by atoms with Crippen LogP contribution in [0.4, 0.5) is 5.82 Å². The van der Waals surface area contributed by atoms with Gasteiger partial charge < -0.3 is 10.1 Å². The standard InChI is InChI=1S/C8H7ClN2O2/c9-4-6-8(12)11-7-5(13-6)2-1-3-10-7/h1-3,6H,4H2,(H,10,11,12). The number of aromatic nitrogens is 1. The number of hydrogen-bond donors (Lipinski definition) is 1. The van der Waals surface area contributed by atoms with Gasteiger partial charge in [-0.1, -0.05) is 0 Å². The van der Waals surface area contributed by atoms with Crippen molar-refractivity contribution in [3.63, 3.8) is 0 Å². The van der Waals surface area contributed by atoms with E-state index in [0.717, 1.165) is 0 Å². The summed E-state index contributed by atoms with van der Waals surface area (Å²) in [6, 6.07) is 3.48. The Bertz CT molecular complexity index is 343. The third-order valence-electron chi connectivity index (χ3n) is 1.71. The summed E-state index contributed by atoms with van der Waals surface area (Å²) in [5, 5.41) is 2.60. The van der Waals surface area contributed by atoms with Crippen LogP contribution < -0.4 is 10.1 Å². The lowest BCUT2D eigenvalue weighted by molar-refractivity contribution is -0.122. The molecule has 0 spiro atoms. The van der Waals surface area contributed by atoms with E-state index in [-0.39, 0.29) is 11.8 Å². The normalized spacial score (nSPS) is 20.1. The zero-order chi connectivity index (χ0) is 9.26. The predicted molar refractivity (Wildman–Crippen MR) is 48.0 cm³/mol. The topological polar surface area (TPSA) is 51.2 Å². The van der Waals surface area contributed by atoms with E-state index in [4.69, 9.17) is 16.3 Å². The molecule has 68 valence electrons. The van der Waals surface area contributed by atoms with E-state index in [1.807, 2.05) is 0 Å². The highest BCUT2D eigenvalue weighted by Crippen LogP contribution is 2.26. The lowest BCUT2D eigenvalue weighted by atomic mass is 10.3. The fraction of sp³-hybridized carbons (Fsp3) is 0.250. The lowest BCUT2D eigenvalue weighted by Crippen LogP contribution is -2.38. The van der Waals surface area contributed by atoms with E-state index < -0.39 is 6.10 Å². The number of anilines is 1. The van der Waals surface area contributed by atoms with Gasteiger partial charge in [0.1, 0.15) is 0 Å². The molecule has 1 aromatic rings. The average molecular weight is 199 g/mol. The number of rotatable bonds is 1. The SMILES string of the molecule is O=C1Nc2ncccc2OC1CCl. The van der Waals surface area contributed by atoms with Gasteiger partial charge in [-0.3, -0.25) is 4.79 Å². The second kappa shape index (κ2) is 3.22. The van der Waals surface area contributed by atoms with Crippen molar-refractivity contribution >= 4 is 23.3 Å². The Kier molecular flexibility index (Phi) is 2.06. The minimum absolute atomic E-state index is 0.139. The number of halogens is 1. The molecule has 0 aliphatic carbocycles. The van der Waals surface area contributed by atoms with Crippen molar-refractivity contribution in [2.45, 2.75) is 6.10 Å². The predicted octanol–water partition coefficient (Wildman–Crippen LogP) is 1.02. The van der Waals surface area contributed by atoms with Crippen molar-refractivity contribution in [2.75, 3.05) is 11.2 Å². The van der Waals surface area contributed by atoms with Crippen LogP contribution >= 0.6 is 11.6 Å². The Morgan fingerprint density at radius 2 is 2.54 bits per heavy atom. The molecule has 0 saturated carbocycles. The van der Waals surface area contributed by atoms with Gasteiger partial charge in [0.15, 0.2) is 17.7 Å². The second-order valence-electron chi connectivity index (χ2n) is 2.60. The van der Waals surface area contributed by atoms with Crippen LogP contribution in [-0.4, -0.2) is 22.9 Å². The molecule has 1 aromatic heterocycles. The van der Waals surface area contributed by atoms with E-state index in [1.54, 1.807) is 18.3 Å². The number of carbonyl (C=O) groups excluding carboxylic acids is 1. The summed E-state index contributed by atoms with van der Waals surface area (Å²) in [5.74, 6) is 0.906. The van der Waals surface area contributed by atoms with Gasteiger partial charge in [-0.2, -0.15) is 0 Å². The van der Waals surface area contributed by atoms with E-state index in [0.29, 0.717) is 11.6 Å². The third kappa shape index (κ3) is 1.45. The van der Waals surface area contributed by atoms with Gasteiger partial charge in [0.2, 0.25) is 0 Å². The van der Waals surface area contributed by atoms with E-state index in [1.165, 1.54) is 0 Å². The van der Waals surface area contributed by atoms with E-state index in [2.05, 4.69) is 10.3 Å². The number of fused-ring (bicyclic) bond motifs is 1. The Morgan fingerprint density at radius 3 is 3.31 bits per heavy atom. The second-order valence-corrected chi connectivity index (χ2v) is 2.91. The number of pyridine rings is 1. The van der Waals surface area contributed by atoms with Crippen LogP contribution in [0.3, 0.4) is 0 Å². The first-order valence-corrected chi connectivity index (χ1v) is 4.33. The maximum Gasteiger partial charge on any atom is 0.267 e. The van der Waals surface area contributed by atoms with Crippen LogP contribution in [0.2, 0.25) is 0 Å². The highest BCUT2D eigenvalue weighted by molar-refractivity contribution is 6.20. The van der Waals surface area contributed by atoms with Crippen molar-refractivity contribution in [1.82, 2.24) is 4.98 Å². The lowest BCUT2D eigenvalue weighted by Gasteiger charge is -2.22. The monoisotopic (exact) mass is 198 g/mol. The molecular formula is C8H7ClN2O2. The Balaban J connectivity index is 2.33. The fourth-order valence-corrected chi connectivity index (χ4v) is 1.29. The van der Waals surface area contributed by atoms with Gasteiger partial charge in [0, 0.05) is 6.20 Å². The number of nitrogens with zero attached hydrogens (tertiary/aromatic N) is 1. The van der Waals surface area contributed by atoms with Gasteiger partial charge in [0.25, 0.3) is 5.91 Å². The quantitative estimate of drug-likeness (QED) is 0.686. The average Bonchev–Trinajstić information content (AvgIpc) is 2.17. The first-order chi connectivity index (χ1) is 6.31. The molecule has 1 atom stereocenters. The van der Waals surface area contributed by atoms with Crippen LogP contribution in [0.15, 0.2) is 18.3 Å². The highest BCUT2D eigenvalue weighted by atomic mass is 35.5. The molecule has 5 heteroatoms. The number of nitrogens with one attached hydrogen (secondary N) is 1. The summed E-state index contributed by atoms with van der Waals surface area (Å²) in [6.07, 6.45) is 0.974. The first kappa shape index (κ1) is 8.31. The van der Waals surface area contributed by atoms with Crippen molar-refractivity contribution in [1.29, 1.82) is 0 Å². The molecule has 2 heterocycles. The molecule has 13 heavy (non-hydrogen) atoms. The molecule has 0 fully saturated rings. The maximum atomic E-state index is 11.2. The van der Waals surface area contributed by atoms with Crippen LogP contribution in [0.25, 0.3) is 0 Å².